The molecular weight excluding hydrogens is 400 g/mol. The van der Waals surface area contributed by atoms with Crippen LogP contribution in [0.5, 0.6) is 5.75 Å². The number of rotatable bonds is 5. The predicted octanol–water partition coefficient (Wildman–Crippen LogP) is 6.62. The molecule has 1 aliphatic heterocycles. The summed E-state index contributed by atoms with van der Waals surface area (Å²) in [6.45, 7) is 4.62. The number of benzene rings is 3. The van der Waals surface area contributed by atoms with Gasteiger partial charge in [0.1, 0.15) is 12.4 Å². The van der Waals surface area contributed by atoms with Gasteiger partial charge in [-0.3, -0.25) is 10.1 Å². The summed E-state index contributed by atoms with van der Waals surface area (Å²) in [4.78, 5) is 11.4. The number of aryl methyl sites for hydroxylation is 2. The Morgan fingerprint density at radius 1 is 1.03 bits per heavy atom. The maximum atomic E-state index is 11.7. The molecule has 5 nitrogen and oxygen atoms in total. The molecular formula is C27H26N2O3. The molecule has 0 amide bonds. The Hall–Kier alpha value is -3.60. The summed E-state index contributed by atoms with van der Waals surface area (Å²) in [6.07, 6.45) is 5.20. The Labute approximate surface area is 187 Å². The fourth-order valence-electron chi connectivity index (χ4n) is 4.95. The van der Waals surface area contributed by atoms with E-state index in [2.05, 4.69) is 60.8 Å². The molecule has 5 rings (SSSR count). The van der Waals surface area contributed by atoms with E-state index in [0.29, 0.717) is 6.61 Å². The Morgan fingerprint density at radius 3 is 2.50 bits per heavy atom. The number of ether oxygens (including phenoxy) is 1. The number of nitro groups is 1. The Balaban J connectivity index is 1.39. The van der Waals surface area contributed by atoms with Gasteiger partial charge in [0.05, 0.1) is 16.5 Å². The number of allylic oxidation sites excluding steroid dienone is 2. The van der Waals surface area contributed by atoms with Crippen molar-refractivity contribution in [2.45, 2.75) is 38.8 Å². The number of hydrogen-bond donors (Lipinski definition) is 1. The zero-order valence-electron chi connectivity index (χ0n) is 18.2. The number of hydrogen-bond acceptors (Lipinski definition) is 4. The van der Waals surface area contributed by atoms with E-state index < -0.39 is 0 Å². The minimum atomic E-state index is -0.260. The molecule has 0 saturated heterocycles. The third-order valence-corrected chi connectivity index (χ3v) is 6.67. The van der Waals surface area contributed by atoms with Gasteiger partial charge in [0.2, 0.25) is 0 Å². The van der Waals surface area contributed by atoms with Crippen LogP contribution in [-0.2, 0) is 6.61 Å². The van der Waals surface area contributed by atoms with Crippen molar-refractivity contribution >= 4 is 11.4 Å². The molecule has 2 aliphatic rings. The van der Waals surface area contributed by atoms with Crippen molar-refractivity contribution in [3.05, 3.63) is 111 Å². The molecule has 1 aliphatic carbocycles. The molecule has 0 radical (unpaired) electrons. The first-order valence-electron chi connectivity index (χ1n) is 11.0. The van der Waals surface area contributed by atoms with Gasteiger partial charge in [0.25, 0.3) is 5.69 Å². The fourth-order valence-corrected chi connectivity index (χ4v) is 4.95. The second-order valence-corrected chi connectivity index (χ2v) is 8.77. The Bertz CT molecular complexity index is 1180. The minimum Gasteiger partial charge on any atom is -0.489 e. The van der Waals surface area contributed by atoms with Crippen molar-refractivity contribution < 1.29 is 9.66 Å². The van der Waals surface area contributed by atoms with Gasteiger partial charge in [-0.05, 0) is 55.0 Å². The molecule has 1 N–H and O–H groups in total. The number of nitrogens with zero attached hydrogens (tertiary/aromatic N) is 1. The van der Waals surface area contributed by atoms with Crippen LogP contribution in [0.25, 0.3) is 0 Å². The van der Waals surface area contributed by atoms with Crippen LogP contribution < -0.4 is 10.1 Å². The third kappa shape index (κ3) is 3.64. The topological polar surface area (TPSA) is 64.4 Å². The lowest BCUT2D eigenvalue weighted by atomic mass is 9.75. The Kier molecular flexibility index (Phi) is 5.17. The molecule has 0 bridgehead atoms. The average Bonchev–Trinajstić information content (AvgIpc) is 3.29. The average molecular weight is 427 g/mol. The summed E-state index contributed by atoms with van der Waals surface area (Å²) in [6, 6.07) is 20.2. The maximum absolute atomic E-state index is 11.7. The van der Waals surface area contributed by atoms with E-state index in [4.69, 9.17) is 4.74 Å². The van der Waals surface area contributed by atoms with Gasteiger partial charge in [0.15, 0.2) is 0 Å². The van der Waals surface area contributed by atoms with Crippen molar-refractivity contribution in [3.8, 4) is 5.75 Å². The van der Waals surface area contributed by atoms with Gasteiger partial charge in [-0.25, -0.2) is 0 Å². The third-order valence-electron chi connectivity index (χ3n) is 6.67. The summed E-state index contributed by atoms with van der Waals surface area (Å²) in [5.74, 6) is 1.13. The SMILES string of the molecule is Cc1ccc(COc2ccc([C@@H]3Nc4c(C)ccc([N+](=O)[O-])c4[C@@H]4C=CC[C@@H]43)cc2)cc1. The first-order chi connectivity index (χ1) is 15.5. The van der Waals surface area contributed by atoms with Crippen LogP contribution in [0.4, 0.5) is 11.4 Å². The van der Waals surface area contributed by atoms with Crippen molar-refractivity contribution in [2.75, 3.05) is 5.32 Å². The largest absolute Gasteiger partial charge is 0.489 e. The molecule has 3 aromatic carbocycles. The molecule has 3 atom stereocenters. The normalized spacial score (nSPS) is 20.9. The van der Waals surface area contributed by atoms with Gasteiger partial charge < -0.3 is 10.1 Å². The summed E-state index contributed by atoms with van der Waals surface area (Å²) in [5.41, 5.74) is 6.51. The number of fused-ring (bicyclic) bond motifs is 3. The minimum absolute atomic E-state index is 0.0500. The van der Waals surface area contributed by atoms with E-state index in [0.717, 1.165) is 34.5 Å². The molecule has 162 valence electrons. The van der Waals surface area contributed by atoms with Crippen LogP contribution >= 0.6 is 0 Å². The monoisotopic (exact) mass is 426 g/mol. The number of anilines is 1. The molecule has 1 heterocycles. The smallest absolute Gasteiger partial charge is 0.275 e. The Morgan fingerprint density at radius 2 is 1.78 bits per heavy atom. The van der Waals surface area contributed by atoms with Gasteiger partial charge in [-0.1, -0.05) is 60.2 Å². The van der Waals surface area contributed by atoms with Crippen LogP contribution in [-0.4, -0.2) is 4.92 Å². The predicted molar refractivity (Wildman–Crippen MR) is 126 cm³/mol. The molecule has 0 aromatic heterocycles. The van der Waals surface area contributed by atoms with Crippen molar-refractivity contribution in [1.29, 1.82) is 0 Å². The second-order valence-electron chi connectivity index (χ2n) is 8.77. The van der Waals surface area contributed by atoms with Crippen LogP contribution in [0.1, 0.15) is 46.2 Å². The fraction of sp³-hybridized carbons (Fsp3) is 0.259. The standard InChI is InChI=1S/C27H26N2O3/c1-17-6-9-19(10-7-17)16-32-21-13-11-20(12-14-21)27-23-5-3-4-22(23)25-24(29(30)31)15-8-18(2)26(25)28-27/h3-4,6-15,22-23,27-28H,5,16H2,1-2H3/t22-,23+,27+/m1/s1. The van der Waals surface area contributed by atoms with E-state index in [-0.39, 0.29) is 28.5 Å². The van der Waals surface area contributed by atoms with Crippen LogP contribution in [0.2, 0.25) is 0 Å². The van der Waals surface area contributed by atoms with Gasteiger partial charge in [0, 0.05) is 17.7 Å². The van der Waals surface area contributed by atoms with E-state index >= 15 is 0 Å². The summed E-state index contributed by atoms with van der Waals surface area (Å²) >= 11 is 0. The molecule has 3 aromatic rings. The molecule has 5 heteroatoms. The zero-order valence-corrected chi connectivity index (χ0v) is 18.2. The van der Waals surface area contributed by atoms with Crippen LogP contribution in [0.3, 0.4) is 0 Å². The zero-order chi connectivity index (χ0) is 22.2. The quantitative estimate of drug-likeness (QED) is 0.283. The van der Waals surface area contributed by atoms with Crippen molar-refractivity contribution in [2.24, 2.45) is 5.92 Å². The van der Waals surface area contributed by atoms with Gasteiger partial charge in [-0.15, -0.1) is 0 Å². The molecule has 0 unspecified atom stereocenters. The summed E-state index contributed by atoms with van der Waals surface area (Å²) < 4.78 is 5.97. The molecule has 32 heavy (non-hydrogen) atoms. The highest BCUT2D eigenvalue weighted by Gasteiger charge is 2.42. The molecule has 0 spiro atoms. The van der Waals surface area contributed by atoms with Crippen LogP contribution in [0, 0.1) is 29.9 Å². The lowest BCUT2D eigenvalue weighted by molar-refractivity contribution is -0.385. The highest BCUT2D eigenvalue weighted by Crippen LogP contribution is 2.53. The van der Waals surface area contributed by atoms with Crippen LogP contribution in [0.15, 0.2) is 72.8 Å². The summed E-state index contributed by atoms with van der Waals surface area (Å²) in [7, 11) is 0. The number of nitrogens with one attached hydrogen (secondary N) is 1. The van der Waals surface area contributed by atoms with E-state index in [1.54, 1.807) is 6.07 Å². The van der Waals surface area contributed by atoms with E-state index in [9.17, 15) is 10.1 Å². The van der Waals surface area contributed by atoms with E-state index in [1.807, 2.05) is 25.1 Å². The molecule has 0 saturated carbocycles. The van der Waals surface area contributed by atoms with Gasteiger partial charge >= 0.3 is 0 Å². The highest BCUT2D eigenvalue weighted by molar-refractivity contribution is 5.70. The lowest BCUT2D eigenvalue weighted by Gasteiger charge is -2.38. The van der Waals surface area contributed by atoms with E-state index in [1.165, 1.54) is 11.1 Å². The number of nitro benzene ring substituents is 1. The lowest BCUT2D eigenvalue weighted by Crippen LogP contribution is -2.30. The summed E-state index contributed by atoms with van der Waals surface area (Å²) in [5, 5.41) is 15.3. The van der Waals surface area contributed by atoms with Crippen molar-refractivity contribution in [1.82, 2.24) is 0 Å². The van der Waals surface area contributed by atoms with Gasteiger partial charge in [-0.2, -0.15) is 0 Å². The first-order valence-corrected chi connectivity index (χ1v) is 11.0. The first kappa shape index (κ1) is 20.3. The molecule has 0 fully saturated rings. The highest BCUT2D eigenvalue weighted by atomic mass is 16.6. The maximum Gasteiger partial charge on any atom is 0.275 e. The van der Waals surface area contributed by atoms with Crippen molar-refractivity contribution in [3.63, 3.8) is 0 Å². The second kappa shape index (κ2) is 8.15.